The van der Waals surface area contributed by atoms with Crippen molar-refractivity contribution in [2.75, 3.05) is 18.6 Å². The lowest BCUT2D eigenvalue weighted by Gasteiger charge is -2.25. The first-order valence-corrected chi connectivity index (χ1v) is 12.2. The fourth-order valence-corrected chi connectivity index (χ4v) is 3.28. The zero-order chi connectivity index (χ0) is 27.8. The molecule has 0 aliphatic rings. The van der Waals surface area contributed by atoms with Crippen molar-refractivity contribution in [3.05, 3.63) is 0 Å². The number of carbonyl (C=O) groups excluding carboxylic acids is 5. The van der Waals surface area contributed by atoms with E-state index in [2.05, 4.69) is 20.9 Å². The van der Waals surface area contributed by atoms with Gasteiger partial charge in [0.1, 0.15) is 18.1 Å². The summed E-state index contributed by atoms with van der Waals surface area (Å²) in [6, 6.07) is -5.30. The van der Waals surface area contributed by atoms with Gasteiger partial charge < -0.3 is 49.7 Å². The van der Waals surface area contributed by atoms with Crippen molar-refractivity contribution in [3.8, 4) is 0 Å². The second-order valence-electron chi connectivity index (χ2n) is 7.70. The van der Waals surface area contributed by atoms with Crippen LogP contribution in [0.2, 0.25) is 0 Å². The quantitative estimate of drug-likeness (QED) is 0.0458. The molecule has 0 aliphatic carbocycles. The molecular formula is C19H35N9O7S. The average Bonchev–Trinajstić information content (AvgIpc) is 2.76. The second-order valence-corrected chi connectivity index (χ2v) is 8.69. The Kier molecular flexibility index (Phi) is 15.2. The largest absolute Gasteiger partial charge is 0.480 e. The predicted octanol–water partition coefficient (Wildman–Crippen LogP) is -4.59. The highest BCUT2D eigenvalue weighted by Crippen LogP contribution is 2.06. The molecule has 0 aliphatic heterocycles. The number of rotatable bonds is 18. The van der Waals surface area contributed by atoms with Crippen molar-refractivity contribution in [1.82, 2.24) is 16.0 Å². The van der Waals surface area contributed by atoms with Gasteiger partial charge in [-0.25, -0.2) is 4.79 Å². The normalized spacial score (nSPS) is 13.8. The van der Waals surface area contributed by atoms with Gasteiger partial charge in [0.25, 0.3) is 0 Å². The molecule has 36 heavy (non-hydrogen) atoms. The molecule has 0 rings (SSSR count). The molecule has 4 atom stereocenters. The Morgan fingerprint density at radius 2 is 1.31 bits per heavy atom. The second kappa shape index (κ2) is 16.9. The Hall–Kier alpha value is -3.60. The van der Waals surface area contributed by atoms with Gasteiger partial charge in [-0.1, -0.05) is 0 Å². The highest BCUT2D eigenvalue weighted by atomic mass is 32.2. The maximum Gasteiger partial charge on any atom is 0.326 e. The van der Waals surface area contributed by atoms with E-state index in [1.807, 2.05) is 0 Å². The maximum absolute atomic E-state index is 13.0. The van der Waals surface area contributed by atoms with Gasteiger partial charge in [-0.2, -0.15) is 11.8 Å². The smallest absolute Gasteiger partial charge is 0.326 e. The summed E-state index contributed by atoms with van der Waals surface area (Å²) in [4.78, 5) is 75.4. The van der Waals surface area contributed by atoms with E-state index >= 15 is 0 Å². The number of aliphatic imine (C=N–C) groups is 1. The Labute approximate surface area is 211 Å². The molecular weight excluding hydrogens is 498 g/mol. The zero-order valence-corrected chi connectivity index (χ0v) is 20.7. The fourth-order valence-electron chi connectivity index (χ4n) is 2.81. The van der Waals surface area contributed by atoms with E-state index in [1.54, 1.807) is 6.26 Å². The molecule has 14 N–H and O–H groups in total. The molecule has 17 heteroatoms. The van der Waals surface area contributed by atoms with Crippen LogP contribution in [0.25, 0.3) is 0 Å². The molecule has 16 nitrogen and oxygen atoms in total. The van der Waals surface area contributed by atoms with Crippen LogP contribution in [0.4, 0.5) is 0 Å². The number of nitrogens with two attached hydrogens (primary N) is 5. The van der Waals surface area contributed by atoms with Crippen LogP contribution in [0.1, 0.15) is 32.1 Å². The van der Waals surface area contributed by atoms with Gasteiger partial charge in [-0.05, 0) is 31.3 Å². The molecule has 0 spiro atoms. The van der Waals surface area contributed by atoms with Crippen LogP contribution in [0.5, 0.6) is 0 Å². The zero-order valence-electron chi connectivity index (χ0n) is 19.9. The number of guanidine groups is 1. The van der Waals surface area contributed by atoms with Crippen LogP contribution < -0.4 is 44.6 Å². The van der Waals surface area contributed by atoms with Crippen molar-refractivity contribution in [2.45, 2.75) is 56.3 Å². The monoisotopic (exact) mass is 533 g/mol. The third kappa shape index (κ3) is 14.0. The number of amides is 5. The SMILES string of the molecule is CSCCC(NC(=O)C(CCCN=C(N)N)NC(=O)C(N)CC(N)=O)C(=O)NC(CC(N)=O)C(=O)O. The first-order chi connectivity index (χ1) is 16.8. The molecule has 5 amide bonds. The van der Waals surface area contributed by atoms with Gasteiger partial charge >= 0.3 is 5.97 Å². The van der Waals surface area contributed by atoms with E-state index in [9.17, 15) is 33.9 Å². The van der Waals surface area contributed by atoms with Gasteiger partial charge in [0.05, 0.1) is 18.9 Å². The molecule has 204 valence electrons. The van der Waals surface area contributed by atoms with E-state index in [4.69, 9.17) is 28.7 Å². The number of carboxylic acid groups (broad SMARTS) is 1. The molecule has 0 radical (unpaired) electrons. The molecule has 0 heterocycles. The third-order valence-corrected chi connectivity index (χ3v) is 5.24. The lowest BCUT2D eigenvalue weighted by atomic mass is 10.1. The number of nitrogens with one attached hydrogen (secondary N) is 3. The number of carboxylic acids is 1. The van der Waals surface area contributed by atoms with Crippen molar-refractivity contribution >= 4 is 53.2 Å². The van der Waals surface area contributed by atoms with Crippen molar-refractivity contribution in [2.24, 2.45) is 33.7 Å². The highest BCUT2D eigenvalue weighted by molar-refractivity contribution is 7.98. The Morgan fingerprint density at radius 1 is 0.806 bits per heavy atom. The summed E-state index contributed by atoms with van der Waals surface area (Å²) < 4.78 is 0. The first kappa shape index (κ1) is 32.4. The number of carbonyl (C=O) groups is 6. The highest BCUT2D eigenvalue weighted by Gasteiger charge is 2.30. The molecule has 0 bridgehead atoms. The molecule has 0 aromatic heterocycles. The van der Waals surface area contributed by atoms with E-state index in [-0.39, 0.29) is 31.8 Å². The average molecular weight is 534 g/mol. The van der Waals surface area contributed by atoms with E-state index < -0.39 is 72.5 Å². The summed E-state index contributed by atoms with van der Waals surface area (Å²) in [6.07, 6.45) is 1.06. The van der Waals surface area contributed by atoms with E-state index in [1.165, 1.54) is 11.8 Å². The number of hydrogen-bond acceptors (Lipinski definition) is 9. The van der Waals surface area contributed by atoms with Crippen LogP contribution in [0.3, 0.4) is 0 Å². The number of thioether (sulfide) groups is 1. The van der Waals surface area contributed by atoms with Crippen LogP contribution in [0, 0.1) is 0 Å². The number of hydrogen-bond donors (Lipinski definition) is 9. The minimum Gasteiger partial charge on any atom is -0.480 e. The first-order valence-electron chi connectivity index (χ1n) is 10.8. The number of aliphatic carboxylic acids is 1. The van der Waals surface area contributed by atoms with Gasteiger partial charge in [0.15, 0.2) is 5.96 Å². The molecule has 0 aromatic rings. The van der Waals surface area contributed by atoms with Crippen LogP contribution >= 0.6 is 11.8 Å². The number of primary amides is 2. The van der Waals surface area contributed by atoms with Gasteiger partial charge in [0.2, 0.25) is 29.5 Å². The lowest BCUT2D eigenvalue weighted by Crippen LogP contribution is -2.57. The Morgan fingerprint density at radius 3 is 1.78 bits per heavy atom. The van der Waals surface area contributed by atoms with Crippen LogP contribution in [-0.2, 0) is 28.8 Å². The number of nitrogens with zero attached hydrogens (tertiary/aromatic N) is 1. The topological polar surface area (TPSA) is 301 Å². The Bertz CT molecular complexity index is 836. The van der Waals surface area contributed by atoms with E-state index in [0.29, 0.717) is 5.75 Å². The molecule has 0 aromatic carbocycles. The summed E-state index contributed by atoms with van der Waals surface area (Å²) in [5, 5.41) is 16.3. The molecule has 0 saturated carbocycles. The van der Waals surface area contributed by atoms with Gasteiger partial charge in [-0.3, -0.25) is 29.0 Å². The molecule has 0 saturated heterocycles. The summed E-state index contributed by atoms with van der Waals surface area (Å²) >= 11 is 1.37. The molecule has 4 unspecified atom stereocenters. The summed E-state index contributed by atoms with van der Waals surface area (Å²) in [5.41, 5.74) is 26.3. The summed E-state index contributed by atoms with van der Waals surface area (Å²) in [7, 11) is 0. The van der Waals surface area contributed by atoms with E-state index in [0.717, 1.165) is 0 Å². The van der Waals surface area contributed by atoms with Crippen molar-refractivity contribution in [1.29, 1.82) is 0 Å². The van der Waals surface area contributed by atoms with Crippen molar-refractivity contribution in [3.63, 3.8) is 0 Å². The fraction of sp³-hybridized carbons (Fsp3) is 0.632. The summed E-state index contributed by atoms with van der Waals surface area (Å²) in [5.74, 6) is -5.45. The van der Waals surface area contributed by atoms with Crippen LogP contribution in [0.15, 0.2) is 4.99 Å². The van der Waals surface area contributed by atoms with Gasteiger partial charge in [0, 0.05) is 6.54 Å². The minimum absolute atomic E-state index is 0.0357. The maximum atomic E-state index is 13.0. The minimum atomic E-state index is -1.59. The summed E-state index contributed by atoms with van der Waals surface area (Å²) in [6.45, 7) is 0.138. The standard InChI is InChI=1S/C19H35N9O7S/c1-36-6-4-11(17(33)28-12(18(34)35)8-14(22)30)27-16(32)10(3-2-5-25-19(23)24)26-15(31)9(20)7-13(21)29/h9-12H,2-8,20H2,1H3,(H2,21,29)(H2,22,30)(H,26,31)(H,27,32)(H,28,33)(H,34,35)(H4,23,24,25). The third-order valence-electron chi connectivity index (χ3n) is 4.60. The van der Waals surface area contributed by atoms with Crippen LogP contribution in [-0.4, -0.2) is 89.3 Å². The van der Waals surface area contributed by atoms with Crippen molar-refractivity contribution < 1.29 is 33.9 Å². The predicted molar refractivity (Wildman–Crippen MR) is 132 cm³/mol. The molecule has 0 fully saturated rings. The van der Waals surface area contributed by atoms with Gasteiger partial charge in [-0.15, -0.1) is 0 Å². The Balaban J connectivity index is 5.60. The lowest BCUT2D eigenvalue weighted by molar-refractivity contribution is -0.143.